The molecule has 0 aliphatic carbocycles. The van der Waals surface area contributed by atoms with Crippen LogP contribution in [0.1, 0.15) is 36.2 Å². The molecule has 24 heavy (non-hydrogen) atoms. The molecule has 0 aliphatic rings. The molecule has 0 unspecified atom stereocenters. The lowest BCUT2D eigenvalue weighted by Crippen LogP contribution is -2.04. The van der Waals surface area contributed by atoms with Crippen LogP contribution in [0.4, 0.5) is 0 Å². The van der Waals surface area contributed by atoms with E-state index >= 15 is 0 Å². The molecule has 1 N–H and O–H groups in total. The first-order valence-electron chi connectivity index (χ1n) is 7.86. The molecule has 0 aliphatic heterocycles. The van der Waals surface area contributed by atoms with Crippen molar-refractivity contribution in [3.8, 4) is 11.6 Å². The van der Waals surface area contributed by atoms with Crippen molar-refractivity contribution in [3.05, 3.63) is 52.6 Å². The van der Waals surface area contributed by atoms with Gasteiger partial charge in [-0.1, -0.05) is 22.0 Å². The predicted octanol–water partition coefficient (Wildman–Crippen LogP) is 4.56. The van der Waals surface area contributed by atoms with Gasteiger partial charge in [0.2, 0.25) is 5.88 Å². The van der Waals surface area contributed by atoms with Gasteiger partial charge in [-0.15, -0.1) is 0 Å². The number of nitrogens with zero attached hydrogens (tertiary/aromatic N) is 1. The summed E-state index contributed by atoms with van der Waals surface area (Å²) in [5, 5.41) is 8.86. The van der Waals surface area contributed by atoms with Crippen LogP contribution < -0.4 is 9.47 Å². The number of hydrogen-bond donors (Lipinski definition) is 1. The molecule has 0 amide bonds. The second kappa shape index (κ2) is 9.93. The van der Waals surface area contributed by atoms with Gasteiger partial charge in [0.1, 0.15) is 5.75 Å². The molecule has 0 saturated carbocycles. The van der Waals surface area contributed by atoms with Crippen molar-refractivity contribution in [3.63, 3.8) is 0 Å². The Kier molecular flexibility index (Phi) is 7.55. The maximum atomic E-state index is 10.8. The Balaban J connectivity index is 1.53. The van der Waals surface area contributed by atoms with Crippen molar-refractivity contribution in [1.82, 2.24) is 4.98 Å². The highest BCUT2D eigenvalue weighted by atomic mass is 79.9. The zero-order valence-electron chi connectivity index (χ0n) is 13.3. The third-order valence-electron chi connectivity index (χ3n) is 3.31. The lowest BCUT2D eigenvalue weighted by molar-refractivity contribution is 0.0689. The van der Waals surface area contributed by atoms with Gasteiger partial charge in [0.15, 0.2) is 5.69 Å². The van der Waals surface area contributed by atoms with E-state index in [0.717, 1.165) is 35.9 Å². The Morgan fingerprint density at radius 2 is 1.62 bits per heavy atom. The summed E-state index contributed by atoms with van der Waals surface area (Å²) in [5.74, 6) is 0.186. The van der Waals surface area contributed by atoms with E-state index in [4.69, 9.17) is 14.6 Å². The Bertz CT molecular complexity index is 646. The molecule has 128 valence electrons. The Hall–Kier alpha value is -2.08. The smallest absolute Gasteiger partial charge is 0.354 e. The summed E-state index contributed by atoms with van der Waals surface area (Å²) >= 11 is 3.39. The zero-order chi connectivity index (χ0) is 17.2. The molecule has 6 heteroatoms. The average molecular weight is 394 g/mol. The van der Waals surface area contributed by atoms with Crippen LogP contribution in [-0.4, -0.2) is 29.3 Å². The van der Waals surface area contributed by atoms with Crippen molar-refractivity contribution in [2.45, 2.75) is 25.7 Å². The molecule has 1 aromatic heterocycles. The number of carboxylic acid groups (broad SMARTS) is 1. The van der Waals surface area contributed by atoms with Gasteiger partial charge >= 0.3 is 5.97 Å². The maximum Gasteiger partial charge on any atom is 0.354 e. The molecule has 0 saturated heterocycles. The van der Waals surface area contributed by atoms with Gasteiger partial charge in [-0.25, -0.2) is 9.78 Å². The molecule has 0 bridgehead atoms. The highest BCUT2D eigenvalue weighted by Crippen LogP contribution is 2.16. The van der Waals surface area contributed by atoms with Crippen molar-refractivity contribution >= 4 is 21.9 Å². The van der Waals surface area contributed by atoms with Crippen LogP contribution in [0.3, 0.4) is 0 Å². The fourth-order valence-electron chi connectivity index (χ4n) is 2.07. The normalized spacial score (nSPS) is 10.4. The lowest BCUT2D eigenvalue weighted by atomic mass is 10.2. The highest BCUT2D eigenvalue weighted by molar-refractivity contribution is 9.10. The number of carboxylic acids is 1. The van der Waals surface area contributed by atoms with Crippen LogP contribution in [0.2, 0.25) is 0 Å². The molecule has 2 aromatic rings. The Morgan fingerprint density at radius 1 is 0.958 bits per heavy atom. The summed E-state index contributed by atoms with van der Waals surface area (Å²) in [6.07, 6.45) is 3.98. The average Bonchev–Trinajstić information content (AvgIpc) is 2.59. The minimum Gasteiger partial charge on any atom is -0.494 e. The number of rotatable bonds is 10. The van der Waals surface area contributed by atoms with Gasteiger partial charge in [0.25, 0.3) is 0 Å². The van der Waals surface area contributed by atoms with E-state index in [1.807, 2.05) is 24.3 Å². The van der Waals surface area contributed by atoms with E-state index in [9.17, 15) is 4.79 Å². The number of unbranched alkanes of at least 4 members (excludes halogenated alkanes) is 3. The van der Waals surface area contributed by atoms with E-state index in [1.165, 1.54) is 6.07 Å². The van der Waals surface area contributed by atoms with Crippen molar-refractivity contribution < 1.29 is 19.4 Å². The molecule has 0 fully saturated rings. The van der Waals surface area contributed by atoms with Gasteiger partial charge in [-0.2, -0.15) is 0 Å². The van der Waals surface area contributed by atoms with E-state index in [0.29, 0.717) is 19.1 Å². The summed E-state index contributed by atoms with van der Waals surface area (Å²) in [6.45, 7) is 1.23. The SMILES string of the molecule is O=C(O)c1cccc(OCCCCCCOc2ccc(Br)cc2)n1. The van der Waals surface area contributed by atoms with E-state index in [-0.39, 0.29) is 5.69 Å². The number of hydrogen-bond acceptors (Lipinski definition) is 4. The van der Waals surface area contributed by atoms with Gasteiger partial charge in [0, 0.05) is 10.5 Å². The number of ether oxygens (including phenoxy) is 2. The van der Waals surface area contributed by atoms with E-state index < -0.39 is 5.97 Å². The Morgan fingerprint density at radius 3 is 2.29 bits per heavy atom. The quantitative estimate of drug-likeness (QED) is 0.599. The first kappa shape index (κ1) is 18.3. The molecule has 2 rings (SSSR count). The third-order valence-corrected chi connectivity index (χ3v) is 3.84. The number of pyridine rings is 1. The first-order valence-corrected chi connectivity index (χ1v) is 8.66. The van der Waals surface area contributed by atoms with Gasteiger partial charge in [-0.05, 0) is 56.0 Å². The lowest BCUT2D eigenvalue weighted by Gasteiger charge is -2.07. The monoisotopic (exact) mass is 393 g/mol. The largest absolute Gasteiger partial charge is 0.494 e. The first-order chi connectivity index (χ1) is 11.6. The molecular weight excluding hydrogens is 374 g/mol. The van der Waals surface area contributed by atoms with Crippen LogP contribution >= 0.6 is 15.9 Å². The van der Waals surface area contributed by atoms with Crippen molar-refractivity contribution in [2.24, 2.45) is 0 Å². The molecule has 1 aromatic carbocycles. The fourth-order valence-corrected chi connectivity index (χ4v) is 2.33. The van der Waals surface area contributed by atoms with Gasteiger partial charge < -0.3 is 14.6 Å². The fraction of sp³-hybridized carbons (Fsp3) is 0.333. The van der Waals surface area contributed by atoms with Crippen LogP contribution in [0.25, 0.3) is 0 Å². The predicted molar refractivity (Wildman–Crippen MR) is 94.8 cm³/mol. The van der Waals surface area contributed by atoms with Crippen LogP contribution in [0, 0.1) is 0 Å². The van der Waals surface area contributed by atoms with Crippen LogP contribution in [0.15, 0.2) is 46.9 Å². The molecule has 1 heterocycles. The summed E-state index contributed by atoms with van der Waals surface area (Å²) in [7, 11) is 0. The number of carbonyl (C=O) groups is 1. The molecule has 5 nitrogen and oxygen atoms in total. The maximum absolute atomic E-state index is 10.8. The van der Waals surface area contributed by atoms with E-state index in [1.54, 1.807) is 12.1 Å². The summed E-state index contributed by atoms with van der Waals surface area (Å²) in [6, 6.07) is 12.5. The minimum atomic E-state index is -1.05. The zero-order valence-corrected chi connectivity index (χ0v) is 14.9. The van der Waals surface area contributed by atoms with Crippen molar-refractivity contribution in [2.75, 3.05) is 13.2 Å². The second-order valence-electron chi connectivity index (χ2n) is 5.23. The van der Waals surface area contributed by atoms with Gasteiger partial charge in [0.05, 0.1) is 13.2 Å². The standard InChI is InChI=1S/C18H20BrNO4/c19-14-8-10-15(11-9-14)23-12-3-1-2-4-13-24-17-7-5-6-16(20-17)18(21)22/h5-11H,1-4,12-13H2,(H,21,22). The third kappa shape index (κ3) is 6.58. The summed E-state index contributed by atoms with van der Waals surface area (Å²) in [4.78, 5) is 14.7. The van der Waals surface area contributed by atoms with Crippen LogP contribution in [0.5, 0.6) is 11.6 Å². The van der Waals surface area contributed by atoms with E-state index in [2.05, 4.69) is 20.9 Å². The minimum absolute atomic E-state index is 0.00223. The number of aromatic nitrogens is 1. The van der Waals surface area contributed by atoms with Gasteiger partial charge in [-0.3, -0.25) is 0 Å². The topological polar surface area (TPSA) is 68.7 Å². The van der Waals surface area contributed by atoms with Crippen LogP contribution in [-0.2, 0) is 0 Å². The van der Waals surface area contributed by atoms with Crippen molar-refractivity contribution in [1.29, 1.82) is 0 Å². The summed E-state index contributed by atoms with van der Waals surface area (Å²) in [5.41, 5.74) is -0.00223. The molecular formula is C18H20BrNO4. The molecule has 0 atom stereocenters. The number of halogens is 1. The molecule has 0 radical (unpaired) electrons. The second-order valence-corrected chi connectivity index (χ2v) is 6.15. The molecule has 0 spiro atoms. The number of benzene rings is 1. The Labute approximate surface area is 149 Å². The number of aromatic carboxylic acids is 1. The summed E-state index contributed by atoms with van der Waals surface area (Å²) < 4.78 is 12.2. The highest BCUT2D eigenvalue weighted by Gasteiger charge is 2.05.